The van der Waals surface area contributed by atoms with Crippen LogP contribution in [0.3, 0.4) is 0 Å². The molecule has 0 bridgehead atoms. The summed E-state index contributed by atoms with van der Waals surface area (Å²) in [6, 6.07) is 12.8. The molecule has 4 nitrogen and oxygen atoms in total. The van der Waals surface area contributed by atoms with Gasteiger partial charge in [0.1, 0.15) is 21.5 Å². The molecule has 0 unspecified atom stereocenters. The molecule has 0 saturated heterocycles. The molecule has 2 aromatic carbocycles. The minimum absolute atomic E-state index is 0.127. The highest BCUT2D eigenvalue weighted by atomic mass is 32.1. The summed E-state index contributed by atoms with van der Waals surface area (Å²) in [4.78, 5) is 16.0. The van der Waals surface area contributed by atoms with Crippen molar-refractivity contribution in [2.24, 2.45) is 0 Å². The molecule has 6 heteroatoms. The summed E-state index contributed by atoms with van der Waals surface area (Å²) in [5.41, 5.74) is 1.71. The SMILES string of the molecule is COc1ccc(-c2nc(-c3ccc(F)cc3)c(C(=O)O)s2)cc1. The third kappa shape index (κ3) is 3.07. The summed E-state index contributed by atoms with van der Waals surface area (Å²) in [6.45, 7) is 0. The molecule has 1 N–H and O–H groups in total. The maximum atomic E-state index is 13.1. The third-order valence-electron chi connectivity index (χ3n) is 3.28. The zero-order valence-corrected chi connectivity index (χ0v) is 12.9. The molecule has 0 spiro atoms. The zero-order valence-electron chi connectivity index (χ0n) is 12.1. The van der Waals surface area contributed by atoms with Gasteiger partial charge in [0.15, 0.2) is 0 Å². The Morgan fingerprint density at radius 3 is 2.26 bits per heavy atom. The molecule has 0 aliphatic heterocycles. The molecule has 23 heavy (non-hydrogen) atoms. The maximum Gasteiger partial charge on any atom is 0.348 e. The van der Waals surface area contributed by atoms with Gasteiger partial charge in [0.05, 0.1) is 12.8 Å². The summed E-state index contributed by atoms with van der Waals surface area (Å²) in [5, 5.41) is 9.99. The van der Waals surface area contributed by atoms with Crippen LogP contribution < -0.4 is 4.74 Å². The average molecular weight is 329 g/mol. The topological polar surface area (TPSA) is 59.4 Å². The minimum atomic E-state index is -1.05. The number of aromatic carboxylic acids is 1. The van der Waals surface area contributed by atoms with E-state index < -0.39 is 5.97 Å². The van der Waals surface area contributed by atoms with Crippen LogP contribution in [0.15, 0.2) is 48.5 Å². The Kier molecular flexibility index (Phi) is 4.08. The van der Waals surface area contributed by atoms with E-state index in [0.717, 1.165) is 16.9 Å². The molecule has 1 heterocycles. The van der Waals surface area contributed by atoms with Gasteiger partial charge in [-0.3, -0.25) is 0 Å². The van der Waals surface area contributed by atoms with Crippen LogP contribution in [0.2, 0.25) is 0 Å². The standard InChI is InChI=1S/C17H12FNO3S/c1-22-13-8-4-11(5-9-13)16-19-14(15(23-16)17(20)21)10-2-6-12(18)7-3-10/h2-9H,1H3,(H,20,21). The molecule has 1 aromatic heterocycles. The Morgan fingerprint density at radius 1 is 1.09 bits per heavy atom. The molecule has 0 saturated carbocycles. The first-order valence-corrected chi connectivity index (χ1v) is 7.54. The van der Waals surface area contributed by atoms with Crippen molar-refractivity contribution in [1.82, 2.24) is 4.98 Å². The Morgan fingerprint density at radius 2 is 1.70 bits per heavy atom. The number of nitrogens with zero attached hydrogens (tertiary/aromatic N) is 1. The van der Waals surface area contributed by atoms with Gasteiger partial charge in [-0.2, -0.15) is 0 Å². The summed E-state index contributed by atoms with van der Waals surface area (Å²) in [5.74, 6) is -0.722. The first kappa shape index (κ1) is 15.2. The van der Waals surface area contributed by atoms with Crippen LogP contribution in [0.25, 0.3) is 21.8 Å². The average Bonchev–Trinajstić information content (AvgIpc) is 3.01. The second-order valence-corrected chi connectivity index (χ2v) is 5.74. The number of ether oxygens (including phenoxy) is 1. The number of hydrogen-bond donors (Lipinski definition) is 1. The number of carbonyl (C=O) groups is 1. The molecular formula is C17H12FNO3S. The number of thiazole rings is 1. The van der Waals surface area contributed by atoms with E-state index in [1.54, 1.807) is 19.2 Å². The summed E-state index contributed by atoms with van der Waals surface area (Å²) in [7, 11) is 1.58. The summed E-state index contributed by atoms with van der Waals surface area (Å²) >= 11 is 1.09. The Hall–Kier alpha value is -2.73. The van der Waals surface area contributed by atoms with E-state index in [4.69, 9.17) is 4.74 Å². The first-order chi connectivity index (χ1) is 11.1. The zero-order chi connectivity index (χ0) is 16.4. The molecule has 0 radical (unpaired) electrons. The Bertz CT molecular complexity index is 841. The van der Waals surface area contributed by atoms with Crippen LogP contribution in [-0.4, -0.2) is 23.2 Å². The molecule has 0 atom stereocenters. The van der Waals surface area contributed by atoms with Crippen LogP contribution in [0.1, 0.15) is 9.67 Å². The van der Waals surface area contributed by atoms with E-state index in [2.05, 4.69) is 4.98 Å². The predicted octanol–water partition coefficient (Wildman–Crippen LogP) is 4.32. The van der Waals surface area contributed by atoms with Gasteiger partial charge in [-0.1, -0.05) is 0 Å². The summed E-state index contributed by atoms with van der Waals surface area (Å²) in [6.07, 6.45) is 0. The minimum Gasteiger partial charge on any atom is -0.497 e. The van der Waals surface area contributed by atoms with E-state index >= 15 is 0 Å². The molecule has 0 amide bonds. The van der Waals surface area contributed by atoms with Gasteiger partial charge < -0.3 is 9.84 Å². The van der Waals surface area contributed by atoms with Crippen molar-refractivity contribution in [2.45, 2.75) is 0 Å². The largest absolute Gasteiger partial charge is 0.497 e. The van der Waals surface area contributed by atoms with Gasteiger partial charge in [-0.25, -0.2) is 14.2 Å². The fourth-order valence-corrected chi connectivity index (χ4v) is 3.06. The highest BCUT2D eigenvalue weighted by Crippen LogP contribution is 2.34. The number of halogens is 1. The van der Waals surface area contributed by atoms with Crippen molar-refractivity contribution in [1.29, 1.82) is 0 Å². The lowest BCUT2D eigenvalue weighted by Crippen LogP contribution is -1.95. The molecule has 0 aliphatic carbocycles. The highest BCUT2D eigenvalue weighted by Gasteiger charge is 2.19. The predicted molar refractivity (Wildman–Crippen MR) is 86.5 cm³/mol. The number of aromatic nitrogens is 1. The van der Waals surface area contributed by atoms with Gasteiger partial charge in [0, 0.05) is 11.1 Å². The van der Waals surface area contributed by atoms with E-state index in [1.807, 2.05) is 12.1 Å². The van der Waals surface area contributed by atoms with Gasteiger partial charge in [-0.15, -0.1) is 11.3 Å². The normalized spacial score (nSPS) is 10.5. The third-order valence-corrected chi connectivity index (χ3v) is 4.37. The van der Waals surface area contributed by atoms with Crippen molar-refractivity contribution in [2.75, 3.05) is 7.11 Å². The van der Waals surface area contributed by atoms with Crippen LogP contribution >= 0.6 is 11.3 Å². The van der Waals surface area contributed by atoms with E-state index in [9.17, 15) is 14.3 Å². The smallest absolute Gasteiger partial charge is 0.348 e. The quantitative estimate of drug-likeness (QED) is 0.774. The van der Waals surface area contributed by atoms with Crippen molar-refractivity contribution in [3.05, 3.63) is 59.2 Å². The highest BCUT2D eigenvalue weighted by molar-refractivity contribution is 7.17. The number of rotatable bonds is 4. The molecular weight excluding hydrogens is 317 g/mol. The van der Waals surface area contributed by atoms with Crippen LogP contribution in [0.5, 0.6) is 5.75 Å². The Labute approximate surface area is 135 Å². The first-order valence-electron chi connectivity index (χ1n) is 6.73. The lowest BCUT2D eigenvalue weighted by atomic mass is 10.1. The second-order valence-electron chi connectivity index (χ2n) is 4.74. The number of methoxy groups -OCH3 is 1. The van der Waals surface area contributed by atoms with E-state index in [0.29, 0.717) is 22.0 Å². The number of benzene rings is 2. The van der Waals surface area contributed by atoms with E-state index in [1.165, 1.54) is 24.3 Å². The fraction of sp³-hybridized carbons (Fsp3) is 0.0588. The van der Waals surface area contributed by atoms with Crippen molar-refractivity contribution in [3.8, 4) is 27.6 Å². The molecule has 3 rings (SSSR count). The molecule has 3 aromatic rings. The number of carboxylic acid groups (broad SMARTS) is 1. The summed E-state index contributed by atoms with van der Waals surface area (Å²) < 4.78 is 18.2. The van der Waals surface area contributed by atoms with E-state index in [-0.39, 0.29) is 10.7 Å². The van der Waals surface area contributed by atoms with Gasteiger partial charge in [-0.05, 0) is 48.5 Å². The van der Waals surface area contributed by atoms with Crippen molar-refractivity contribution < 1.29 is 19.0 Å². The van der Waals surface area contributed by atoms with Crippen LogP contribution in [0, 0.1) is 5.82 Å². The van der Waals surface area contributed by atoms with Gasteiger partial charge >= 0.3 is 5.97 Å². The molecule has 0 aliphatic rings. The van der Waals surface area contributed by atoms with Crippen molar-refractivity contribution >= 4 is 17.3 Å². The lowest BCUT2D eigenvalue weighted by molar-refractivity contribution is 0.0702. The fourth-order valence-electron chi connectivity index (χ4n) is 2.13. The van der Waals surface area contributed by atoms with Crippen molar-refractivity contribution in [3.63, 3.8) is 0 Å². The monoisotopic (exact) mass is 329 g/mol. The van der Waals surface area contributed by atoms with Gasteiger partial charge in [0.2, 0.25) is 0 Å². The lowest BCUT2D eigenvalue weighted by Gasteiger charge is -2.00. The second kappa shape index (κ2) is 6.18. The van der Waals surface area contributed by atoms with Crippen LogP contribution in [0.4, 0.5) is 4.39 Å². The Balaban J connectivity index is 2.07. The maximum absolute atomic E-state index is 13.1. The van der Waals surface area contributed by atoms with Crippen LogP contribution in [-0.2, 0) is 0 Å². The number of carboxylic acids is 1. The molecule has 0 fully saturated rings. The number of hydrogen-bond acceptors (Lipinski definition) is 4. The molecule has 116 valence electrons. The van der Waals surface area contributed by atoms with Gasteiger partial charge in [0.25, 0.3) is 0 Å².